The van der Waals surface area contributed by atoms with Gasteiger partial charge in [0.25, 0.3) is 0 Å². The number of rotatable bonds is 10. The van der Waals surface area contributed by atoms with E-state index >= 15 is 0 Å². The normalized spacial score (nSPS) is 12.5. The van der Waals surface area contributed by atoms with Gasteiger partial charge in [-0.1, -0.05) is 45.0 Å². The van der Waals surface area contributed by atoms with Crippen molar-refractivity contribution in [3.8, 4) is 22.6 Å². The summed E-state index contributed by atoms with van der Waals surface area (Å²) in [5, 5.41) is 10.0. The van der Waals surface area contributed by atoms with E-state index in [-0.39, 0.29) is 11.5 Å². The minimum absolute atomic E-state index is 0.0708. The summed E-state index contributed by atoms with van der Waals surface area (Å²) in [6.45, 7) is 12.2. The number of ether oxygens (including phenoxy) is 2. The average Bonchev–Trinajstić information content (AvgIpc) is 3.34. The van der Waals surface area contributed by atoms with Gasteiger partial charge in [-0.05, 0) is 66.9 Å². The molecule has 0 aliphatic carbocycles. The summed E-state index contributed by atoms with van der Waals surface area (Å²) in [6, 6.07) is 14.8. The zero-order valence-electron chi connectivity index (χ0n) is 22.9. The van der Waals surface area contributed by atoms with Crippen LogP contribution < -0.4 is 20.1 Å². The van der Waals surface area contributed by atoms with Gasteiger partial charge in [0.1, 0.15) is 11.6 Å². The molecule has 2 heterocycles. The zero-order chi connectivity index (χ0) is 26.6. The highest BCUT2D eigenvalue weighted by Crippen LogP contribution is 2.37. The maximum absolute atomic E-state index is 6.11. The molecule has 6 nitrogen and oxygen atoms in total. The van der Waals surface area contributed by atoms with E-state index in [0.717, 1.165) is 29.7 Å². The van der Waals surface area contributed by atoms with Crippen LogP contribution in [0.15, 0.2) is 47.8 Å². The molecule has 2 N–H and O–H groups in total. The Morgan fingerprint density at radius 3 is 2.57 bits per heavy atom. The zero-order valence-corrected chi connectivity index (χ0v) is 23.8. The van der Waals surface area contributed by atoms with Gasteiger partial charge in [0.15, 0.2) is 11.5 Å². The molecule has 0 saturated heterocycles. The summed E-state index contributed by atoms with van der Waals surface area (Å²) in [4.78, 5) is 10.7. The first kappa shape index (κ1) is 26.9. The molecule has 0 aliphatic rings. The first-order chi connectivity index (χ1) is 17.7. The number of nitrogens with one attached hydrogen (secondary N) is 2. The minimum Gasteiger partial charge on any atom is -0.493 e. The van der Waals surface area contributed by atoms with Crippen molar-refractivity contribution in [1.82, 2.24) is 15.3 Å². The van der Waals surface area contributed by atoms with E-state index in [2.05, 4.69) is 74.0 Å². The smallest absolute Gasteiger partial charge is 0.163 e. The quantitative estimate of drug-likeness (QED) is 0.228. The van der Waals surface area contributed by atoms with Crippen LogP contribution in [0.1, 0.15) is 56.4 Å². The Labute approximate surface area is 224 Å². The Bertz CT molecular complexity index is 1360. The molecule has 0 unspecified atom stereocenters. The minimum atomic E-state index is 0.0708. The van der Waals surface area contributed by atoms with E-state index < -0.39 is 0 Å². The number of nitrogens with zero attached hydrogens (tertiary/aromatic N) is 2. The summed E-state index contributed by atoms with van der Waals surface area (Å²) < 4.78 is 11.8. The fraction of sp³-hybridized carbons (Fsp3) is 0.400. The third kappa shape index (κ3) is 6.59. The van der Waals surface area contributed by atoms with E-state index in [0.29, 0.717) is 23.9 Å². The van der Waals surface area contributed by atoms with E-state index in [9.17, 15) is 0 Å². The van der Waals surface area contributed by atoms with Crippen molar-refractivity contribution in [2.75, 3.05) is 26.1 Å². The van der Waals surface area contributed by atoms with Gasteiger partial charge in [-0.2, -0.15) is 0 Å². The molecule has 37 heavy (non-hydrogen) atoms. The van der Waals surface area contributed by atoms with Crippen LogP contribution in [-0.2, 0) is 6.54 Å². The number of anilines is 1. The van der Waals surface area contributed by atoms with Gasteiger partial charge in [-0.15, -0.1) is 11.3 Å². The van der Waals surface area contributed by atoms with Crippen molar-refractivity contribution < 1.29 is 9.47 Å². The lowest BCUT2D eigenvalue weighted by Gasteiger charge is -2.20. The highest BCUT2D eigenvalue weighted by molar-refractivity contribution is 7.10. The highest BCUT2D eigenvalue weighted by atomic mass is 32.1. The highest BCUT2D eigenvalue weighted by Gasteiger charge is 2.18. The molecule has 0 saturated carbocycles. The Kier molecular flexibility index (Phi) is 8.35. The molecule has 4 rings (SSSR count). The van der Waals surface area contributed by atoms with Crippen molar-refractivity contribution in [2.24, 2.45) is 5.41 Å². The van der Waals surface area contributed by atoms with Gasteiger partial charge in [0.05, 0.1) is 25.3 Å². The van der Waals surface area contributed by atoms with Gasteiger partial charge in [0.2, 0.25) is 0 Å². The molecular weight excluding hydrogens is 480 g/mol. The number of aryl methyl sites for hydroxylation is 1. The van der Waals surface area contributed by atoms with Crippen molar-refractivity contribution >= 4 is 28.1 Å². The monoisotopic (exact) mass is 518 g/mol. The Balaban J connectivity index is 1.60. The topological polar surface area (TPSA) is 68.3 Å². The summed E-state index contributed by atoms with van der Waals surface area (Å²) in [5.74, 6) is 2.89. The molecular formula is C30H38N4O2S. The maximum atomic E-state index is 6.11. The number of fused-ring (bicyclic) bond motifs is 1. The van der Waals surface area contributed by atoms with Crippen molar-refractivity contribution in [3.63, 3.8) is 0 Å². The lowest BCUT2D eigenvalue weighted by molar-refractivity contribution is 0.234. The molecule has 4 aromatic rings. The van der Waals surface area contributed by atoms with Gasteiger partial charge < -0.3 is 20.1 Å². The largest absolute Gasteiger partial charge is 0.493 e. The number of benzene rings is 2. The second-order valence-electron chi connectivity index (χ2n) is 10.6. The summed E-state index contributed by atoms with van der Waals surface area (Å²) >= 11 is 1.76. The molecule has 0 radical (unpaired) electrons. The molecule has 0 spiro atoms. The lowest BCUT2D eigenvalue weighted by atomic mass is 9.93. The van der Waals surface area contributed by atoms with Crippen LogP contribution in [0.5, 0.6) is 11.5 Å². The molecule has 0 aliphatic heterocycles. The lowest BCUT2D eigenvalue weighted by Crippen LogP contribution is -2.11. The number of hydrogen-bond donors (Lipinski definition) is 2. The predicted octanol–water partition coefficient (Wildman–Crippen LogP) is 7.38. The molecule has 0 bridgehead atoms. The summed E-state index contributed by atoms with van der Waals surface area (Å²) in [7, 11) is 3.65. The van der Waals surface area contributed by atoms with Crippen molar-refractivity contribution in [2.45, 2.75) is 53.6 Å². The molecule has 7 heteroatoms. The first-order valence-electron chi connectivity index (χ1n) is 12.8. The fourth-order valence-corrected chi connectivity index (χ4v) is 5.16. The van der Waals surface area contributed by atoms with Crippen LogP contribution in [0, 0.1) is 12.3 Å². The number of hydrogen-bond acceptors (Lipinski definition) is 7. The van der Waals surface area contributed by atoms with E-state index in [1.165, 1.54) is 21.6 Å². The van der Waals surface area contributed by atoms with Gasteiger partial charge in [-0.25, -0.2) is 9.97 Å². The molecule has 0 fully saturated rings. The fourth-order valence-electron chi connectivity index (χ4n) is 4.25. The van der Waals surface area contributed by atoms with Crippen LogP contribution in [0.3, 0.4) is 0 Å². The van der Waals surface area contributed by atoms with Crippen molar-refractivity contribution in [1.29, 1.82) is 0 Å². The third-order valence-electron chi connectivity index (χ3n) is 6.30. The molecule has 1 atom stereocenters. The second-order valence-corrected chi connectivity index (χ2v) is 11.5. The third-order valence-corrected chi connectivity index (χ3v) is 7.41. The maximum Gasteiger partial charge on any atom is 0.163 e. The molecule has 196 valence electrons. The Morgan fingerprint density at radius 2 is 1.84 bits per heavy atom. The number of methoxy groups -OCH3 is 1. The van der Waals surface area contributed by atoms with Gasteiger partial charge in [0, 0.05) is 22.9 Å². The SMILES string of the molecule is CNCc1ccccc1-c1csc([C@H](C)Nc2nc(C)nc3cc(OCCC(C)(C)C)c(OC)cc23)c1. The van der Waals surface area contributed by atoms with Gasteiger partial charge >= 0.3 is 0 Å². The predicted molar refractivity (Wildman–Crippen MR) is 155 cm³/mol. The molecule has 0 amide bonds. The van der Waals surface area contributed by atoms with Gasteiger partial charge in [-0.3, -0.25) is 0 Å². The Morgan fingerprint density at radius 1 is 1.05 bits per heavy atom. The van der Waals surface area contributed by atoms with E-state index in [1.807, 2.05) is 26.1 Å². The summed E-state index contributed by atoms with van der Waals surface area (Å²) in [5.41, 5.74) is 4.83. The number of aromatic nitrogens is 2. The molecule has 2 aromatic carbocycles. The summed E-state index contributed by atoms with van der Waals surface area (Å²) in [6.07, 6.45) is 0.948. The van der Waals surface area contributed by atoms with Crippen LogP contribution in [-0.4, -0.2) is 30.7 Å². The Hall–Kier alpha value is -3.16. The van der Waals surface area contributed by atoms with Crippen LogP contribution >= 0.6 is 11.3 Å². The van der Waals surface area contributed by atoms with E-state index in [4.69, 9.17) is 19.4 Å². The first-order valence-corrected chi connectivity index (χ1v) is 13.6. The average molecular weight is 519 g/mol. The standard InChI is InChI=1S/C30H38N4O2S/c1-19(28-14-22(18-37-28)23-11-9-8-10-21(23)17-31-6)32-29-24-15-26(35-7)27(36-13-12-30(3,4)5)16-25(24)33-20(2)34-29/h8-11,14-16,18-19,31H,12-13,17H2,1-7H3,(H,32,33,34)/t19-/m0/s1. The van der Waals surface area contributed by atoms with Crippen LogP contribution in [0.2, 0.25) is 0 Å². The second kappa shape index (κ2) is 11.5. The van der Waals surface area contributed by atoms with E-state index in [1.54, 1.807) is 18.4 Å². The number of thiophene rings is 1. The van der Waals surface area contributed by atoms with Crippen LogP contribution in [0.25, 0.3) is 22.0 Å². The molecule has 2 aromatic heterocycles. The van der Waals surface area contributed by atoms with Crippen LogP contribution in [0.4, 0.5) is 5.82 Å². The van der Waals surface area contributed by atoms with Crippen molar-refractivity contribution in [3.05, 3.63) is 64.1 Å².